The summed E-state index contributed by atoms with van der Waals surface area (Å²) in [7, 11) is 1.74. The summed E-state index contributed by atoms with van der Waals surface area (Å²) < 4.78 is 6.76. The average molecular weight is 324 g/mol. The molecule has 0 saturated carbocycles. The Kier molecular flexibility index (Phi) is 3.57. The Balaban J connectivity index is 1.85. The Morgan fingerprint density at radius 3 is 2.76 bits per heavy atom. The highest BCUT2D eigenvalue weighted by Crippen LogP contribution is 2.25. The summed E-state index contributed by atoms with van der Waals surface area (Å²) in [5, 5.41) is 8.98. The maximum absolute atomic E-state index is 5.98. The van der Waals surface area contributed by atoms with E-state index in [1.54, 1.807) is 25.4 Å². The van der Waals surface area contributed by atoms with Gasteiger partial charge in [0, 0.05) is 13.5 Å². The van der Waals surface area contributed by atoms with E-state index in [0.717, 1.165) is 5.56 Å². The van der Waals surface area contributed by atoms with Crippen molar-refractivity contribution in [1.29, 1.82) is 0 Å². The lowest BCUT2D eigenvalue weighted by molar-refractivity contribution is 0.424. The van der Waals surface area contributed by atoms with Crippen LogP contribution in [0.3, 0.4) is 0 Å². The van der Waals surface area contributed by atoms with Crippen LogP contribution in [0.25, 0.3) is 11.5 Å². The second-order valence-corrected chi connectivity index (χ2v) is 5.32. The van der Waals surface area contributed by atoms with Crippen LogP contribution in [0, 0.1) is 0 Å². The molecular weight excluding hydrogens is 313 g/mol. The third kappa shape index (κ3) is 2.72. The second-order valence-electron chi connectivity index (χ2n) is 4.51. The van der Waals surface area contributed by atoms with Crippen LogP contribution in [-0.4, -0.2) is 19.9 Å². The lowest BCUT2D eigenvalue weighted by Gasteiger charge is -1.99. The fraction of sp³-hybridized carbons (Fsp3) is 0.154. The highest BCUT2D eigenvalue weighted by atomic mass is 35.5. The predicted molar refractivity (Wildman–Crippen MR) is 80.2 cm³/mol. The van der Waals surface area contributed by atoms with Gasteiger partial charge in [0.25, 0.3) is 5.89 Å². The van der Waals surface area contributed by atoms with Crippen LogP contribution >= 0.6 is 23.2 Å². The zero-order valence-electron chi connectivity index (χ0n) is 11.0. The summed E-state index contributed by atoms with van der Waals surface area (Å²) in [6.07, 6.45) is 2.08. The smallest absolute Gasteiger partial charge is 0.263 e. The number of benzene rings is 1. The molecule has 6 nitrogen and oxygen atoms in total. The van der Waals surface area contributed by atoms with E-state index in [0.29, 0.717) is 39.6 Å². The molecule has 0 unspecified atom stereocenters. The molecule has 0 amide bonds. The maximum Gasteiger partial charge on any atom is 0.263 e. The van der Waals surface area contributed by atoms with Gasteiger partial charge in [-0.25, -0.2) is 0 Å². The predicted octanol–water partition coefficient (Wildman–Crippen LogP) is 2.95. The number of hydrogen-bond donors (Lipinski definition) is 1. The van der Waals surface area contributed by atoms with E-state index in [-0.39, 0.29) is 0 Å². The third-order valence-electron chi connectivity index (χ3n) is 3.03. The van der Waals surface area contributed by atoms with E-state index in [9.17, 15) is 0 Å². The number of anilines is 1. The van der Waals surface area contributed by atoms with Crippen LogP contribution in [-0.2, 0) is 13.5 Å². The van der Waals surface area contributed by atoms with Crippen LogP contribution in [0.5, 0.6) is 0 Å². The topological polar surface area (TPSA) is 82.8 Å². The van der Waals surface area contributed by atoms with Gasteiger partial charge < -0.3 is 10.3 Å². The standard InChI is InChI=1S/C13H11Cl2N5O/c1-20-12(16)8(6-17-20)13-18-11(19-21-13)5-7-2-3-9(14)10(15)4-7/h2-4,6H,5,16H2,1H3. The first-order valence-corrected chi connectivity index (χ1v) is 6.84. The minimum absolute atomic E-state index is 0.343. The molecule has 0 aliphatic heterocycles. The Morgan fingerprint density at radius 2 is 2.10 bits per heavy atom. The van der Waals surface area contributed by atoms with Crippen LogP contribution < -0.4 is 5.73 Å². The molecule has 0 bridgehead atoms. The molecule has 0 radical (unpaired) electrons. The van der Waals surface area contributed by atoms with Crippen molar-refractivity contribution in [2.75, 3.05) is 5.73 Å². The zero-order valence-corrected chi connectivity index (χ0v) is 12.6. The molecule has 3 rings (SSSR count). The van der Waals surface area contributed by atoms with Crippen LogP contribution in [0.1, 0.15) is 11.4 Å². The minimum Gasteiger partial charge on any atom is -0.383 e. The van der Waals surface area contributed by atoms with Gasteiger partial charge in [-0.05, 0) is 17.7 Å². The number of nitrogen functional groups attached to an aromatic ring is 1. The van der Waals surface area contributed by atoms with E-state index in [2.05, 4.69) is 15.2 Å². The normalized spacial score (nSPS) is 11.0. The SMILES string of the molecule is Cn1ncc(-c2nc(Cc3ccc(Cl)c(Cl)c3)no2)c1N. The van der Waals surface area contributed by atoms with E-state index in [4.69, 9.17) is 33.5 Å². The molecule has 0 fully saturated rings. The quantitative estimate of drug-likeness (QED) is 0.801. The molecule has 0 saturated heterocycles. The maximum atomic E-state index is 5.98. The molecule has 0 aliphatic carbocycles. The van der Waals surface area contributed by atoms with E-state index >= 15 is 0 Å². The molecule has 0 spiro atoms. The van der Waals surface area contributed by atoms with Crippen LogP contribution in [0.2, 0.25) is 10.0 Å². The number of hydrogen-bond acceptors (Lipinski definition) is 5. The minimum atomic E-state index is 0.343. The van der Waals surface area contributed by atoms with Crippen molar-refractivity contribution in [2.24, 2.45) is 7.05 Å². The van der Waals surface area contributed by atoms with Crippen molar-refractivity contribution in [2.45, 2.75) is 6.42 Å². The largest absolute Gasteiger partial charge is 0.383 e. The Morgan fingerprint density at radius 1 is 1.29 bits per heavy atom. The van der Waals surface area contributed by atoms with E-state index < -0.39 is 0 Å². The fourth-order valence-corrected chi connectivity index (χ4v) is 2.20. The fourth-order valence-electron chi connectivity index (χ4n) is 1.88. The highest BCUT2D eigenvalue weighted by molar-refractivity contribution is 6.42. The number of rotatable bonds is 3. The summed E-state index contributed by atoms with van der Waals surface area (Å²) in [5.74, 6) is 1.35. The monoisotopic (exact) mass is 323 g/mol. The van der Waals surface area contributed by atoms with Gasteiger partial charge in [-0.1, -0.05) is 34.4 Å². The molecule has 108 valence electrons. The molecule has 0 aliphatic rings. The number of nitrogens with two attached hydrogens (primary N) is 1. The van der Waals surface area contributed by atoms with Gasteiger partial charge in [0.1, 0.15) is 11.4 Å². The van der Waals surface area contributed by atoms with Crippen molar-refractivity contribution in [3.05, 3.63) is 45.8 Å². The van der Waals surface area contributed by atoms with Crippen LogP contribution in [0.15, 0.2) is 28.9 Å². The van der Waals surface area contributed by atoms with Crippen molar-refractivity contribution in [3.8, 4) is 11.5 Å². The van der Waals surface area contributed by atoms with E-state index in [1.165, 1.54) is 4.68 Å². The van der Waals surface area contributed by atoms with Gasteiger partial charge in [0.05, 0.1) is 16.2 Å². The van der Waals surface area contributed by atoms with Gasteiger partial charge in [-0.2, -0.15) is 10.1 Å². The van der Waals surface area contributed by atoms with Crippen LogP contribution in [0.4, 0.5) is 5.82 Å². The third-order valence-corrected chi connectivity index (χ3v) is 3.77. The van der Waals surface area contributed by atoms with Crippen molar-refractivity contribution in [3.63, 3.8) is 0 Å². The number of aromatic nitrogens is 4. The van der Waals surface area contributed by atoms with E-state index in [1.807, 2.05) is 6.07 Å². The number of nitrogens with zero attached hydrogens (tertiary/aromatic N) is 4. The molecule has 21 heavy (non-hydrogen) atoms. The first kappa shape index (κ1) is 13.9. The van der Waals surface area contributed by atoms with Crippen molar-refractivity contribution in [1.82, 2.24) is 19.9 Å². The first-order chi connectivity index (χ1) is 10.0. The van der Waals surface area contributed by atoms with Gasteiger partial charge in [-0.15, -0.1) is 0 Å². The average Bonchev–Trinajstić information content (AvgIpc) is 3.03. The molecule has 0 atom stereocenters. The Labute approximate surface area is 130 Å². The molecule has 2 aromatic heterocycles. The molecular formula is C13H11Cl2N5O. The van der Waals surface area contributed by atoms with Gasteiger partial charge in [0.15, 0.2) is 5.82 Å². The summed E-state index contributed by atoms with van der Waals surface area (Å²) in [4.78, 5) is 4.31. The summed E-state index contributed by atoms with van der Waals surface area (Å²) in [6.45, 7) is 0. The zero-order chi connectivity index (χ0) is 15.0. The Bertz CT molecular complexity index is 796. The molecule has 2 heterocycles. The van der Waals surface area contributed by atoms with Crippen molar-refractivity contribution < 1.29 is 4.52 Å². The lowest BCUT2D eigenvalue weighted by atomic mass is 10.1. The number of halogens is 2. The first-order valence-electron chi connectivity index (χ1n) is 6.09. The van der Waals surface area contributed by atoms with Gasteiger partial charge in [-0.3, -0.25) is 4.68 Å². The molecule has 1 aromatic carbocycles. The van der Waals surface area contributed by atoms with Gasteiger partial charge in [0.2, 0.25) is 0 Å². The second kappa shape index (κ2) is 5.38. The summed E-state index contributed by atoms with van der Waals surface area (Å²) >= 11 is 11.9. The molecule has 3 aromatic rings. The Hall–Kier alpha value is -2.05. The van der Waals surface area contributed by atoms with Gasteiger partial charge >= 0.3 is 0 Å². The highest BCUT2D eigenvalue weighted by Gasteiger charge is 2.15. The summed E-state index contributed by atoms with van der Waals surface area (Å²) in [6, 6.07) is 5.38. The van der Waals surface area contributed by atoms with Crippen molar-refractivity contribution >= 4 is 29.0 Å². The lowest BCUT2D eigenvalue weighted by Crippen LogP contribution is -1.98. The molecule has 8 heteroatoms. The molecule has 2 N–H and O–H groups in total. The summed E-state index contributed by atoms with van der Waals surface area (Å²) in [5.41, 5.74) is 7.43. The number of aryl methyl sites for hydroxylation is 1.